The number of hydrogen-bond acceptors (Lipinski definition) is 7. The molecule has 1 N–H and O–H groups in total. The summed E-state index contributed by atoms with van der Waals surface area (Å²) in [6, 6.07) is 11.6. The summed E-state index contributed by atoms with van der Waals surface area (Å²) in [5.74, 6) is -0.173. The molecule has 0 aliphatic carbocycles. The van der Waals surface area contributed by atoms with Crippen LogP contribution in [0.1, 0.15) is 6.42 Å². The van der Waals surface area contributed by atoms with E-state index in [9.17, 15) is 21.6 Å². The SMILES string of the molecule is CN(C)S(=O)(=O)c1ccc(OCCOC(=O)CCNS(=O)(=O)c2cccc(Cl)c2)cc1. The van der Waals surface area contributed by atoms with E-state index in [0.717, 1.165) is 4.31 Å². The van der Waals surface area contributed by atoms with Crippen LogP contribution in [0.5, 0.6) is 5.75 Å². The number of rotatable bonds is 11. The molecule has 2 aromatic rings. The molecule has 0 saturated carbocycles. The van der Waals surface area contributed by atoms with E-state index in [1.165, 1.54) is 56.6 Å². The highest BCUT2D eigenvalue weighted by molar-refractivity contribution is 7.89. The Kier molecular flexibility index (Phi) is 8.83. The second kappa shape index (κ2) is 10.9. The molecule has 9 nitrogen and oxygen atoms in total. The van der Waals surface area contributed by atoms with Crippen molar-refractivity contribution in [3.05, 3.63) is 53.6 Å². The molecule has 0 saturated heterocycles. The van der Waals surface area contributed by atoms with Crippen molar-refractivity contribution in [1.29, 1.82) is 0 Å². The third kappa shape index (κ3) is 7.47. The highest BCUT2D eigenvalue weighted by atomic mass is 35.5. The van der Waals surface area contributed by atoms with E-state index in [0.29, 0.717) is 5.75 Å². The highest BCUT2D eigenvalue weighted by Crippen LogP contribution is 2.18. The molecule has 12 heteroatoms. The van der Waals surface area contributed by atoms with Gasteiger partial charge in [-0.05, 0) is 42.5 Å². The topological polar surface area (TPSA) is 119 Å². The molecule has 0 spiro atoms. The van der Waals surface area contributed by atoms with Crippen LogP contribution in [-0.4, -0.2) is 61.0 Å². The zero-order valence-corrected chi connectivity index (χ0v) is 19.3. The van der Waals surface area contributed by atoms with Crippen LogP contribution in [0.4, 0.5) is 0 Å². The molecular weight excluding hydrogens is 468 g/mol. The van der Waals surface area contributed by atoms with E-state index >= 15 is 0 Å². The van der Waals surface area contributed by atoms with Crippen LogP contribution in [0, 0.1) is 0 Å². The molecule has 0 bridgehead atoms. The summed E-state index contributed by atoms with van der Waals surface area (Å²) in [5.41, 5.74) is 0. The van der Waals surface area contributed by atoms with Crippen molar-refractivity contribution in [2.24, 2.45) is 0 Å². The maximum absolute atomic E-state index is 12.1. The van der Waals surface area contributed by atoms with Gasteiger partial charge in [-0.2, -0.15) is 0 Å². The van der Waals surface area contributed by atoms with Gasteiger partial charge in [0.15, 0.2) is 0 Å². The molecule has 0 amide bonds. The second-order valence-electron chi connectivity index (χ2n) is 6.43. The summed E-state index contributed by atoms with van der Waals surface area (Å²) in [6.07, 6.45) is -0.156. The molecule has 2 rings (SSSR count). The van der Waals surface area contributed by atoms with Crippen molar-refractivity contribution < 1.29 is 31.1 Å². The number of ether oxygens (including phenoxy) is 2. The monoisotopic (exact) mass is 490 g/mol. The zero-order valence-electron chi connectivity index (χ0n) is 16.9. The first-order chi connectivity index (χ1) is 14.5. The van der Waals surface area contributed by atoms with E-state index in [-0.39, 0.29) is 41.0 Å². The van der Waals surface area contributed by atoms with Crippen molar-refractivity contribution in [3.63, 3.8) is 0 Å². The molecular formula is C19H23ClN2O7S2. The van der Waals surface area contributed by atoms with Crippen molar-refractivity contribution in [2.45, 2.75) is 16.2 Å². The van der Waals surface area contributed by atoms with Crippen molar-refractivity contribution in [2.75, 3.05) is 33.9 Å². The number of carbonyl (C=O) groups is 1. The minimum atomic E-state index is -3.77. The van der Waals surface area contributed by atoms with Gasteiger partial charge in [-0.3, -0.25) is 4.79 Å². The number of nitrogens with zero attached hydrogens (tertiary/aromatic N) is 1. The van der Waals surface area contributed by atoms with Crippen LogP contribution >= 0.6 is 11.6 Å². The predicted octanol–water partition coefficient (Wildman–Crippen LogP) is 1.88. The van der Waals surface area contributed by atoms with E-state index in [1.807, 2.05) is 0 Å². The zero-order chi connectivity index (χ0) is 23.1. The minimum absolute atomic E-state index is 0.00571. The number of nitrogens with one attached hydrogen (secondary N) is 1. The van der Waals surface area contributed by atoms with Gasteiger partial charge >= 0.3 is 5.97 Å². The molecule has 0 aliphatic heterocycles. The maximum Gasteiger partial charge on any atom is 0.307 e. The lowest BCUT2D eigenvalue weighted by Crippen LogP contribution is -2.27. The molecule has 0 atom stereocenters. The van der Waals surface area contributed by atoms with Gasteiger partial charge in [0.05, 0.1) is 16.2 Å². The lowest BCUT2D eigenvalue weighted by Gasteiger charge is -2.12. The number of esters is 1. The van der Waals surface area contributed by atoms with Crippen LogP contribution < -0.4 is 9.46 Å². The number of sulfonamides is 2. The summed E-state index contributed by atoms with van der Waals surface area (Å²) < 4.78 is 62.1. The summed E-state index contributed by atoms with van der Waals surface area (Å²) in [4.78, 5) is 11.9. The fraction of sp³-hybridized carbons (Fsp3) is 0.316. The fourth-order valence-electron chi connectivity index (χ4n) is 2.31. The van der Waals surface area contributed by atoms with Gasteiger partial charge in [-0.15, -0.1) is 0 Å². The molecule has 0 fully saturated rings. The third-order valence-electron chi connectivity index (χ3n) is 3.95. The Morgan fingerprint density at radius 3 is 2.29 bits per heavy atom. The molecule has 0 unspecified atom stereocenters. The molecule has 170 valence electrons. The minimum Gasteiger partial charge on any atom is -0.490 e. The quantitative estimate of drug-likeness (QED) is 0.377. The summed E-state index contributed by atoms with van der Waals surface area (Å²) in [6.45, 7) is -0.117. The smallest absolute Gasteiger partial charge is 0.307 e. The average molecular weight is 491 g/mol. The van der Waals surface area contributed by atoms with Gasteiger partial charge in [0.1, 0.15) is 19.0 Å². The summed E-state index contributed by atoms with van der Waals surface area (Å²) >= 11 is 5.78. The van der Waals surface area contributed by atoms with Crippen molar-refractivity contribution >= 4 is 37.6 Å². The van der Waals surface area contributed by atoms with Crippen molar-refractivity contribution in [3.8, 4) is 5.75 Å². The molecule has 0 heterocycles. The maximum atomic E-state index is 12.1. The van der Waals surface area contributed by atoms with Gasteiger partial charge in [0, 0.05) is 25.7 Å². The van der Waals surface area contributed by atoms with Gasteiger partial charge < -0.3 is 9.47 Å². The predicted molar refractivity (Wildman–Crippen MR) is 115 cm³/mol. The Balaban J connectivity index is 1.70. The van der Waals surface area contributed by atoms with Crippen molar-refractivity contribution in [1.82, 2.24) is 9.03 Å². The molecule has 0 aromatic heterocycles. The van der Waals surface area contributed by atoms with Crippen LogP contribution in [-0.2, 0) is 29.6 Å². The standard InChI is InChI=1S/C19H23ClN2O7S2/c1-22(2)31(26,27)17-8-6-16(7-9-17)28-12-13-29-19(23)10-11-21-30(24,25)18-5-3-4-15(20)14-18/h3-9,14,21H,10-13H2,1-2H3. The second-order valence-corrected chi connectivity index (χ2v) is 10.8. The van der Waals surface area contributed by atoms with Gasteiger partial charge in [-0.1, -0.05) is 17.7 Å². The number of halogens is 1. The largest absolute Gasteiger partial charge is 0.490 e. The molecule has 0 radical (unpaired) electrons. The van der Waals surface area contributed by atoms with Crippen LogP contribution in [0.15, 0.2) is 58.3 Å². The number of benzene rings is 2. The Hall–Kier alpha value is -2.18. The average Bonchev–Trinajstić information content (AvgIpc) is 2.71. The van der Waals surface area contributed by atoms with E-state index in [4.69, 9.17) is 21.1 Å². The van der Waals surface area contributed by atoms with Crippen LogP contribution in [0.2, 0.25) is 5.02 Å². The summed E-state index contributed by atoms with van der Waals surface area (Å²) in [7, 11) is -4.41. The van der Waals surface area contributed by atoms with Gasteiger partial charge in [0.25, 0.3) is 0 Å². The lowest BCUT2D eigenvalue weighted by molar-refractivity contribution is -0.144. The first kappa shape index (κ1) is 25.1. The normalized spacial score (nSPS) is 12.0. The molecule has 0 aliphatic rings. The third-order valence-corrected chi connectivity index (χ3v) is 7.47. The Bertz CT molecular complexity index is 1100. The highest BCUT2D eigenvalue weighted by Gasteiger charge is 2.17. The Morgan fingerprint density at radius 1 is 1.00 bits per heavy atom. The van der Waals surface area contributed by atoms with Gasteiger partial charge in [0.2, 0.25) is 20.0 Å². The molecule has 31 heavy (non-hydrogen) atoms. The molecule has 2 aromatic carbocycles. The summed E-state index contributed by atoms with van der Waals surface area (Å²) in [5, 5.41) is 0.288. The number of hydrogen-bond donors (Lipinski definition) is 1. The first-order valence-corrected chi connectivity index (χ1v) is 12.4. The van der Waals surface area contributed by atoms with Gasteiger partial charge in [-0.25, -0.2) is 25.9 Å². The number of carbonyl (C=O) groups excluding carboxylic acids is 1. The fourth-order valence-corrected chi connectivity index (χ4v) is 4.54. The lowest BCUT2D eigenvalue weighted by atomic mass is 10.3. The van der Waals surface area contributed by atoms with E-state index in [1.54, 1.807) is 6.07 Å². The van der Waals surface area contributed by atoms with Crippen LogP contribution in [0.25, 0.3) is 0 Å². The van der Waals surface area contributed by atoms with E-state index < -0.39 is 26.0 Å². The van der Waals surface area contributed by atoms with E-state index in [2.05, 4.69) is 4.72 Å². The first-order valence-electron chi connectivity index (χ1n) is 9.08. The van der Waals surface area contributed by atoms with Crippen LogP contribution in [0.3, 0.4) is 0 Å². The Labute approximate surface area is 187 Å². The Morgan fingerprint density at radius 2 is 1.68 bits per heavy atom.